The molecule has 1 rings (SSSR count). The SMILES string of the molecule is Cl.Cl.[B]OC(=O)C(CCCC)CCN1CCC(OCC)CC1. The Hall–Kier alpha value is 0.0349. The van der Waals surface area contributed by atoms with Gasteiger partial charge in [-0.15, -0.1) is 24.8 Å². The van der Waals surface area contributed by atoms with E-state index in [0.717, 1.165) is 64.8 Å². The summed E-state index contributed by atoms with van der Waals surface area (Å²) in [5, 5.41) is 0. The van der Waals surface area contributed by atoms with Crippen LogP contribution in [-0.4, -0.2) is 51.3 Å². The standard InChI is InChI=1S/C15H28BNO3.2ClH/c1-3-5-6-13(15(18)20-16)7-10-17-11-8-14(9-12-17)19-4-2;;/h13-14H,3-12H2,1-2H3;2*1H. The smallest absolute Gasteiger partial charge is 0.378 e. The fraction of sp³-hybridized carbons (Fsp3) is 0.933. The van der Waals surface area contributed by atoms with Crippen molar-refractivity contribution < 1.29 is 14.2 Å². The summed E-state index contributed by atoms with van der Waals surface area (Å²) in [6.45, 7) is 8.03. The number of rotatable bonds is 9. The Morgan fingerprint density at radius 2 is 1.86 bits per heavy atom. The van der Waals surface area contributed by atoms with Gasteiger partial charge in [-0.25, -0.2) is 0 Å². The quantitative estimate of drug-likeness (QED) is 0.597. The molecule has 1 saturated heterocycles. The van der Waals surface area contributed by atoms with E-state index < -0.39 is 0 Å². The van der Waals surface area contributed by atoms with E-state index >= 15 is 0 Å². The lowest BCUT2D eigenvalue weighted by Crippen LogP contribution is -2.38. The molecule has 0 N–H and O–H groups in total. The number of nitrogens with zero attached hydrogens (tertiary/aromatic N) is 1. The van der Waals surface area contributed by atoms with Crippen LogP contribution in [0.4, 0.5) is 0 Å². The van der Waals surface area contributed by atoms with Crippen molar-refractivity contribution in [3.8, 4) is 0 Å². The summed E-state index contributed by atoms with van der Waals surface area (Å²) in [6, 6.07) is 0. The van der Waals surface area contributed by atoms with Crippen molar-refractivity contribution >= 4 is 38.8 Å². The van der Waals surface area contributed by atoms with Crippen molar-refractivity contribution in [1.82, 2.24) is 4.90 Å². The van der Waals surface area contributed by atoms with Gasteiger partial charge in [0.1, 0.15) is 0 Å². The van der Waals surface area contributed by atoms with Gasteiger partial charge in [-0.1, -0.05) is 19.8 Å². The van der Waals surface area contributed by atoms with Gasteiger partial charge in [0.2, 0.25) is 0 Å². The van der Waals surface area contributed by atoms with Crippen LogP contribution in [0.5, 0.6) is 0 Å². The first-order valence-corrected chi connectivity index (χ1v) is 7.95. The maximum atomic E-state index is 11.6. The molecule has 22 heavy (non-hydrogen) atoms. The summed E-state index contributed by atoms with van der Waals surface area (Å²) >= 11 is 0. The van der Waals surface area contributed by atoms with Gasteiger partial charge in [0.05, 0.1) is 12.0 Å². The van der Waals surface area contributed by atoms with Gasteiger partial charge in [-0.05, 0) is 39.2 Å². The lowest BCUT2D eigenvalue weighted by Gasteiger charge is -2.32. The van der Waals surface area contributed by atoms with Crippen LogP contribution in [0.25, 0.3) is 0 Å². The largest absolute Gasteiger partial charge is 0.543 e. The number of hydrogen-bond acceptors (Lipinski definition) is 4. The Balaban J connectivity index is 0. The van der Waals surface area contributed by atoms with Crippen LogP contribution >= 0.6 is 24.8 Å². The number of halogens is 2. The number of unbranched alkanes of at least 4 members (excludes halogenated alkanes) is 1. The van der Waals surface area contributed by atoms with E-state index in [1.54, 1.807) is 0 Å². The van der Waals surface area contributed by atoms with Gasteiger partial charge in [0.15, 0.2) is 0 Å². The van der Waals surface area contributed by atoms with E-state index in [1.807, 2.05) is 6.92 Å². The van der Waals surface area contributed by atoms with Crippen LogP contribution in [-0.2, 0) is 14.2 Å². The highest BCUT2D eigenvalue weighted by molar-refractivity contribution is 6.05. The molecule has 1 atom stereocenters. The number of hydrogen-bond donors (Lipinski definition) is 0. The van der Waals surface area contributed by atoms with E-state index in [0.29, 0.717) is 6.10 Å². The summed E-state index contributed by atoms with van der Waals surface area (Å²) in [5.74, 6) is -0.313. The van der Waals surface area contributed by atoms with Crippen molar-refractivity contribution in [3.05, 3.63) is 0 Å². The molecule has 0 aromatic heterocycles. The monoisotopic (exact) mass is 353 g/mol. The average Bonchev–Trinajstić information content (AvgIpc) is 2.48. The molecule has 130 valence electrons. The van der Waals surface area contributed by atoms with E-state index in [2.05, 4.69) is 16.5 Å². The molecule has 2 radical (unpaired) electrons. The molecule has 0 amide bonds. The minimum atomic E-state index is -0.261. The molecule has 0 bridgehead atoms. The zero-order chi connectivity index (χ0) is 14.8. The second kappa shape index (κ2) is 14.6. The highest BCUT2D eigenvalue weighted by Crippen LogP contribution is 2.18. The van der Waals surface area contributed by atoms with E-state index in [-0.39, 0.29) is 36.7 Å². The van der Waals surface area contributed by atoms with E-state index in [1.165, 1.54) is 0 Å². The van der Waals surface area contributed by atoms with Crippen molar-refractivity contribution in [1.29, 1.82) is 0 Å². The van der Waals surface area contributed by atoms with Crippen LogP contribution in [0.15, 0.2) is 0 Å². The van der Waals surface area contributed by atoms with Gasteiger partial charge in [0.25, 0.3) is 5.97 Å². The fourth-order valence-corrected chi connectivity index (χ4v) is 2.80. The van der Waals surface area contributed by atoms with Gasteiger partial charge < -0.3 is 14.3 Å². The third kappa shape index (κ3) is 9.24. The molecule has 0 spiro atoms. The van der Waals surface area contributed by atoms with Crippen molar-refractivity contribution in [2.24, 2.45) is 5.92 Å². The van der Waals surface area contributed by atoms with Gasteiger partial charge in [0, 0.05) is 19.7 Å². The van der Waals surface area contributed by atoms with Crippen LogP contribution in [0.2, 0.25) is 0 Å². The summed E-state index contributed by atoms with van der Waals surface area (Å²) < 4.78 is 10.1. The first kappa shape index (κ1) is 24.3. The molecular formula is C15H30BCl2NO3. The molecule has 1 fully saturated rings. The molecule has 7 heteroatoms. The third-order valence-electron chi connectivity index (χ3n) is 4.09. The predicted molar refractivity (Wildman–Crippen MR) is 95.1 cm³/mol. The Labute approximate surface area is 148 Å². The molecule has 1 aliphatic rings. The lowest BCUT2D eigenvalue weighted by atomic mass is 9.97. The molecular weight excluding hydrogens is 324 g/mol. The first-order chi connectivity index (χ1) is 9.71. The molecule has 4 nitrogen and oxygen atoms in total. The zero-order valence-corrected chi connectivity index (χ0v) is 15.4. The molecule has 0 saturated carbocycles. The summed E-state index contributed by atoms with van der Waals surface area (Å²) in [7, 11) is 5.03. The van der Waals surface area contributed by atoms with Crippen LogP contribution in [0.3, 0.4) is 0 Å². The minimum Gasteiger partial charge on any atom is -0.543 e. The maximum Gasteiger partial charge on any atom is 0.378 e. The minimum absolute atomic E-state index is 0. The molecule has 1 aliphatic heterocycles. The van der Waals surface area contributed by atoms with Gasteiger partial charge in [-0.2, -0.15) is 0 Å². The third-order valence-corrected chi connectivity index (χ3v) is 4.09. The Kier molecular flexibility index (Phi) is 16.1. The molecule has 0 aromatic carbocycles. The van der Waals surface area contributed by atoms with Crippen LogP contribution in [0, 0.1) is 5.92 Å². The Morgan fingerprint density at radius 3 is 2.36 bits per heavy atom. The Bertz CT molecular complexity index is 278. The van der Waals surface area contributed by atoms with Crippen molar-refractivity contribution in [2.45, 2.75) is 58.5 Å². The summed E-state index contributed by atoms with van der Waals surface area (Å²) in [6.07, 6.45) is 6.46. The van der Waals surface area contributed by atoms with Crippen molar-refractivity contribution in [3.63, 3.8) is 0 Å². The molecule has 1 unspecified atom stereocenters. The lowest BCUT2D eigenvalue weighted by molar-refractivity contribution is -0.139. The zero-order valence-electron chi connectivity index (χ0n) is 13.8. The Morgan fingerprint density at radius 1 is 1.23 bits per heavy atom. The normalized spacial score (nSPS) is 17.2. The van der Waals surface area contributed by atoms with Crippen LogP contribution < -0.4 is 0 Å². The van der Waals surface area contributed by atoms with Gasteiger partial charge >= 0.3 is 8.05 Å². The van der Waals surface area contributed by atoms with E-state index in [9.17, 15) is 4.79 Å². The fourth-order valence-electron chi connectivity index (χ4n) is 2.80. The predicted octanol–water partition coefficient (Wildman–Crippen LogP) is 3.15. The first-order valence-electron chi connectivity index (χ1n) is 7.95. The number of carbonyl (C=O) groups excluding carboxylic acids is 1. The highest BCUT2D eigenvalue weighted by Gasteiger charge is 2.22. The second-order valence-electron chi connectivity index (χ2n) is 5.56. The second-order valence-corrected chi connectivity index (χ2v) is 5.56. The number of carbonyl (C=O) groups is 1. The number of piperidine rings is 1. The maximum absolute atomic E-state index is 11.6. The van der Waals surface area contributed by atoms with Gasteiger partial charge in [-0.3, -0.25) is 4.79 Å². The molecule has 0 aliphatic carbocycles. The van der Waals surface area contributed by atoms with E-state index in [4.69, 9.17) is 12.8 Å². The molecule has 1 heterocycles. The average molecular weight is 354 g/mol. The summed E-state index contributed by atoms with van der Waals surface area (Å²) in [5.41, 5.74) is 0. The van der Waals surface area contributed by atoms with Crippen molar-refractivity contribution in [2.75, 3.05) is 26.2 Å². The summed E-state index contributed by atoms with van der Waals surface area (Å²) in [4.78, 5) is 14.1. The topological polar surface area (TPSA) is 38.8 Å². The number of likely N-dealkylation sites (tertiary alicyclic amines) is 1. The molecule has 0 aromatic rings. The highest BCUT2D eigenvalue weighted by atomic mass is 35.5. The van der Waals surface area contributed by atoms with Crippen LogP contribution in [0.1, 0.15) is 52.4 Å². The number of ether oxygens (including phenoxy) is 1.